The number of rotatable bonds is 5. The maximum Gasteiger partial charge on any atom is 0.123 e. The molecule has 1 aromatic carbocycles. The normalized spacial score (nSPS) is 12.6. The van der Waals surface area contributed by atoms with E-state index in [1.807, 2.05) is 6.07 Å². The smallest absolute Gasteiger partial charge is 0.123 e. The Hall–Kier alpha value is -1.19. The zero-order chi connectivity index (χ0) is 12.1. The molecule has 2 rings (SSSR count). The van der Waals surface area contributed by atoms with Gasteiger partial charge in [0.25, 0.3) is 0 Å². The van der Waals surface area contributed by atoms with E-state index in [1.54, 1.807) is 23.5 Å². The number of benzene rings is 1. The molecule has 0 fully saturated rings. The van der Waals surface area contributed by atoms with Crippen molar-refractivity contribution >= 4 is 11.3 Å². The van der Waals surface area contributed by atoms with Gasteiger partial charge in [0.05, 0.1) is 0 Å². The Balaban J connectivity index is 1.83. The molecule has 0 aliphatic carbocycles. The zero-order valence-corrected chi connectivity index (χ0v) is 10.6. The van der Waals surface area contributed by atoms with Crippen LogP contribution in [0.5, 0.6) is 0 Å². The van der Waals surface area contributed by atoms with E-state index in [-0.39, 0.29) is 11.9 Å². The molecular weight excluding hydrogens is 233 g/mol. The van der Waals surface area contributed by atoms with E-state index in [4.69, 9.17) is 0 Å². The summed E-state index contributed by atoms with van der Waals surface area (Å²) in [5, 5.41) is 7.65. The fraction of sp³-hybridized carbons (Fsp3) is 0.286. The lowest BCUT2D eigenvalue weighted by Crippen LogP contribution is -2.21. The first-order valence-corrected chi connectivity index (χ1v) is 6.70. The topological polar surface area (TPSA) is 12.0 Å². The third kappa shape index (κ3) is 3.65. The van der Waals surface area contributed by atoms with E-state index >= 15 is 0 Å². The Kier molecular flexibility index (Phi) is 4.29. The molecule has 17 heavy (non-hydrogen) atoms. The van der Waals surface area contributed by atoms with Gasteiger partial charge in [-0.2, -0.15) is 11.3 Å². The largest absolute Gasteiger partial charge is 0.310 e. The van der Waals surface area contributed by atoms with Crippen molar-refractivity contribution in [2.24, 2.45) is 0 Å². The van der Waals surface area contributed by atoms with Gasteiger partial charge in [-0.3, -0.25) is 0 Å². The molecule has 0 saturated carbocycles. The summed E-state index contributed by atoms with van der Waals surface area (Å²) in [6.07, 6.45) is 1.02. The maximum atomic E-state index is 13.0. The van der Waals surface area contributed by atoms with Crippen LogP contribution in [0.2, 0.25) is 0 Å². The molecule has 0 aliphatic heterocycles. The molecule has 1 aromatic heterocycles. The standard InChI is InChI=1S/C14H16FNS/c1-11(13-3-2-4-14(15)9-13)16-7-5-12-6-8-17-10-12/h2-4,6,8-11,16H,5,7H2,1H3. The summed E-state index contributed by atoms with van der Waals surface area (Å²) in [5.74, 6) is -0.172. The first kappa shape index (κ1) is 12.3. The quantitative estimate of drug-likeness (QED) is 0.850. The first-order valence-electron chi connectivity index (χ1n) is 5.75. The van der Waals surface area contributed by atoms with Crippen molar-refractivity contribution in [1.29, 1.82) is 0 Å². The van der Waals surface area contributed by atoms with E-state index in [0.29, 0.717) is 0 Å². The molecule has 3 heteroatoms. The van der Waals surface area contributed by atoms with Gasteiger partial charge in [0.2, 0.25) is 0 Å². The van der Waals surface area contributed by atoms with Gasteiger partial charge in [-0.05, 0) is 60.0 Å². The molecule has 1 atom stereocenters. The number of hydrogen-bond donors (Lipinski definition) is 1. The van der Waals surface area contributed by atoms with Crippen LogP contribution >= 0.6 is 11.3 Å². The van der Waals surface area contributed by atoms with Crippen molar-refractivity contribution in [3.63, 3.8) is 0 Å². The van der Waals surface area contributed by atoms with Crippen LogP contribution in [0.1, 0.15) is 24.1 Å². The molecule has 2 aromatic rings. The fourth-order valence-electron chi connectivity index (χ4n) is 1.76. The number of nitrogens with one attached hydrogen (secondary N) is 1. The van der Waals surface area contributed by atoms with Gasteiger partial charge in [0.1, 0.15) is 5.82 Å². The Morgan fingerprint density at radius 1 is 1.35 bits per heavy atom. The number of thiophene rings is 1. The predicted molar refractivity (Wildman–Crippen MR) is 70.8 cm³/mol. The summed E-state index contributed by atoms with van der Waals surface area (Å²) in [6.45, 7) is 2.97. The monoisotopic (exact) mass is 249 g/mol. The molecule has 0 saturated heterocycles. The molecule has 90 valence electrons. The summed E-state index contributed by atoms with van der Waals surface area (Å²) in [7, 11) is 0. The molecule has 0 spiro atoms. The van der Waals surface area contributed by atoms with Crippen molar-refractivity contribution in [1.82, 2.24) is 5.32 Å². The third-order valence-corrected chi connectivity index (χ3v) is 3.53. The zero-order valence-electron chi connectivity index (χ0n) is 9.82. The van der Waals surface area contributed by atoms with Gasteiger partial charge in [-0.1, -0.05) is 12.1 Å². The van der Waals surface area contributed by atoms with E-state index in [1.165, 1.54) is 11.6 Å². The Morgan fingerprint density at radius 3 is 2.94 bits per heavy atom. The van der Waals surface area contributed by atoms with E-state index in [2.05, 4.69) is 29.1 Å². The second kappa shape index (κ2) is 5.94. The Labute approximate surface area is 105 Å². The second-order valence-electron chi connectivity index (χ2n) is 4.11. The molecule has 0 amide bonds. The minimum atomic E-state index is -0.172. The molecule has 0 aliphatic rings. The average Bonchev–Trinajstić information content (AvgIpc) is 2.82. The van der Waals surface area contributed by atoms with Gasteiger partial charge in [-0.25, -0.2) is 4.39 Å². The van der Waals surface area contributed by atoms with Crippen LogP contribution in [-0.2, 0) is 6.42 Å². The summed E-state index contributed by atoms with van der Waals surface area (Å²) in [6, 6.07) is 9.08. The van der Waals surface area contributed by atoms with Crippen LogP contribution in [0.15, 0.2) is 41.1 Å². The SMILES string of the molecule is CC(NCCc1ccsc1)c1cccc(F)c1. The van der Waals surface area contributed by atoms with E-state index in [9.17, 15) is 4.39 Å². The summed E-state index contributed by atoms with van der Waals surface area (Å²) >= 11 is 1.72. The summed E-state index contributed by atoms with van der Waals surface area (Å²) in [5.41, 5.74) is 2.35. The van der Waals surface area contributed by atoms with Crippen molar-refractivity contribution in [3.8, 4) is 0 Å². The number of hydrogen-bond acceptors (Lipinski definition) is 2. The van der Waals surface area contributed by atoms with Crippen LogP contribution < -0.4 is 5.32 Å². The molecule has 0 radical (unpaired) electrons. The van der Waals surface area contributed by atoms with E-state index in [0.717, 1.165) is 18.5 Å². The molecule has 1 unspecified atom stereocenters. The highest BCUT2D eigenvalue weighted by Gasteiger charge is 2.05. The molecule has 0 bridgehead atoms. The van der Waals surface area contributed by atoms with E-state index < -0.39 is 0 Å². The van der Waals surface area contributed by atoms with Gasteiger partial charge < -0.3 is 5.32 Å². The summed E-state index contributed by atoms with van der Waals surface area (Å²) in [4.78, 5) is 0. The minimum Gasteiger partial charge on any atom is -0.310 e. The maximum absolute atomic E-state index is 13.0. The lowest BCUT2D eigenvalue weighted by Gasteiger charge is -2.13. The fourth-order valence-corrected chi connectivity index (χ4v) is 2.46. The van der Waals surface area contributed by atoms with Gasteiger partial charge in [-0.15, -0.1) is 0 Å². The average molecular weight is 249 g/mol. The lowest BCUT2D eigenvalue weighted by atomic mass is 10.1. The Morgan fingerprint density at radius 2 is 2.24 bits per heavy atom. The predicted octanol–water partition coefficient (Wildman–Crippen LogP) is 3.78. The van der Waals surface area contributed by atoms with Crippen molar-refractivity contribution in [3.05, 3.63) is 58.0 Å². The molecule has 1 heterocycles. The highest BCUT2D eigenvalue weighted by molar-refractivity contribution is 7.07. The highest BCUT2D eigenvalue weighted by atomic mass is 32.1. The van der Waals surface area contributed by atoms with Crippen molar-refractivity contribution < 1.29 is 4.39 Å². The minimum absolute atomic E-state index is 0.172. The first-order chi connectivity index (χ1) is 8.25. The number of halogens is 1. The second-order valence-corrected chi connectivity index (χ2v) is 4.89. The molecule has 1 nitrogen and oxygen atoms in total. The van der Waals surface area contributed by atoms with Crippen LogP contribution in [-0.4, -0.2) is 6.54 Å². The van der Waals surface area contributed by atoms with Crippen LogP contribution in [0.25, 0.3) is 0 Å². The third-order valence-electron chi connectivity index (χ3n) is 2.79. The van der Waals surface area contributed by atoms with Crippen molar-refractivity contribution in [2.45, 2.75) is 19.4 Å². The highest BCUT2D eigenvalue weighted by Crippen LogP contribution is 2.13. The lowest BCUT2D eigenvalue weighted by molar-refractivity contribution is 0.567. The van der Waals surface area contributed by atoms with Crippen molar-refractivity contribution in [2.75, 3.05) is 6.54 Å². The van der Waals surface area contributed by atoms with Gasteiger partial charge in [0, 0.05) is 6.04 Å². The van der Waals surface area contributed by atoms with Gasteiger partial charge >= 0.3 is 0 Å². The van der Waals surface area contributed by atoms with Gasteiger partial charge in [0.15, 0.2) is 0 Å². The Bertz CT molecular complexity index is 453. The molecule has 1 N–H and O–H groups in total. The van der Waals surface area contributed by atoms with Crippen LogP contribution in [0, 0.1) is 5.82 Å². The summed E-state index contributed by atoms with van der Waals surface area (Å²) < 4.78 is 13.0. The van der Waals surface area contributed by atoms with Crippen LogP contribution in [0.3, 0.4) is 0 Å². The van der Waals surface area contributed by atoms with Crippen LogP contribution in [0.4, 0.5) is 4.39 Å². The molecular formula is C14H16FNS.